The van der Waals surface area contributed by atoms with Gasteiger partial charge in [-0.25, -0.2) is 18.4 Å². The van der Waals surface area contributed by atoms with Crippen molar-refractivity contribution in [1.29, 1.82) is 0 Å². The molecule has 0 aliphatic heterocycles. The number of nitrogens with one attached hydrogen (secondary N) is 1. The molecule has 0 bridgehead atoms. The molecule has 160 valence electrons. The van der Waals surface area contributed by atoms with Gasteiger partial charge in [0.05, 0.1) is 28.2 Å². The van der Waals surface area contributed by atoms with Gasteiger partial charge in [-0.1, -0.05) is 30.3 Å². The van der Waals surface area contributed by atoms with Crippen molar-refractivity contribution in [3.8, 4) is 11.3 Å². The van der Waals surface area contributed by atoms with E-state index >= 15 is 0 Å². The number of anilines is 1. The molecular weight excluding hydrogens is 402 g/mol. The molecule has 3 aromatic heterocycles. The smallest absolute Gasteiger partial charge is 0.264 e. The summed E-state index contributed by atoms with van der Waals surface area (Å²) in [6, 6.07) is 10.5. The zero-order chi connectivity index (χ0) is 22.1. The van der Waals surface area contributed by atoms with E-state index in [9.17, 15) is 13.6 Å². The molecule has 0 atom stereocenters. The minimum absolute atomic E-state index is 0.145. The number of hydrogen-bond donors (Lipinski definition) is 1. The summed E-state index contributed by atoms with van der Waals surface area (Å²) in [6.45, 7) is 5.92. The maximum atomic E-state index is 13.9. The molecule has 0 saturated carbocycles. The highest BCUT2D eigenvalue weighted by Gasteiger charge is 2.22. The molecule has 0 saturated heterocycles. The highest BCUT2D eigenvalue weighted by atomic mass is 19.3. The lowest BCUT2D eigenvalue weighted by Gasteiger charge is -2.09. The van der Waals surface area contributed by atoms with Crippen LogP contribution in [0.1, 0.15) is 30.3 Å². The molecule has 1 amide bonds. The number of aryl methyl sites for hydroxylation is 3. The van der Waals surface area contributed by atoms with E-state index in [1.165, 1.54) is 10.7 Å². The number of carbonyl (C=O) groups excluding carboxylic acids is 1. The monoisotopic (exact) mass is 424 g/mol. The van der Waals surface area contributed by atoms with Crippen LogP contribution >= 0.6 is 0 Å². The number of halogens is 2. The predicted octanol–water partition coefficient (Wildman–Crippen LogP) is 4.51. The summed E-state index contributed by atoms with van der Waals surface area (Å²) in [5.41, 5.74) is 2.93. The van der Waals surface area contributed by atoms with Crippen LogP contribution < -0.4 is 5.32 Å². The van der Waals surface area contributed by atoms with Gasteiger partial charge in [-0.3, -0.25) is 9.48 Å². The first-order valence-corrected chi connectivity index (χ1v) is 9.93. The maximum Gasteiger partial charge on any atom is 0.264 e. The van der Waals surface area contributed by atoms with E-state index in [2.05, 4.69) is 20.5 Å². The number of hydrogen-bond acceptors (Lipinski definition) is 4. The standard InChI is InChI=1S/C22H22F2N6O/c1-4-29-11-18(13(2)27-29)25-19(31)12-30-22-20(14(3)28-30)16(21(23)24)10-17(26-22)15-8-6-5-7-9-15/h5-11,21H,4,12H2,1-3H3,(H,25,31). The van der Waals surface area contributed by atoms with E-state index in [0.29, 0.717) is 34.9 Å². The Kier molecular flexibility index (Phi) is 5.50. The number of rotatable bonds is 6. The Bertz CT molecular complexity index is 1250. The Hall–Kier alpha value is -3.62. The minimum Gasteiger partial charge on any atom is -0.322 e. The predicted molar refractivity (Wildman–Crippen MR) is 114 cm³/mol. The fourth-order valence-corrected chi connectivity index (χ4v) is 3.55. The topological polar surface area (TPSA) is 77.6 Å². The Labute approximate surface area is 177 Å². The fourth-order valence-electron chi connectivity index (χ4n) is 3.55. The number of aromatic nitrogens is 5. The molecule has 1 N–H and O–H groups in total. The molecule has 31 heavy (non-hydrogen) atoms. The van der Waals surface area contributed by atoms with Crippen LogP contribution in [0.2, 0.25) is 0 Å². The Balaban J connectivity index is 1.73. The highest BCUT2D eigenvalue weighted by molar-refractivity contribution is 5.92. The van der Waals surface area contributed by atoms with Crippen LogP contribution in [0.25, 0.3) is 22.3 Å². The second kappa shape index (κ2) is 8.25. The summed E-state index contributed by atoms with van der Waals surface area (Å²) in [7, 11) is 0. The molecule has 0 unspecified atom stereocenters. The maximum absolute atomic E-state index is 13.9. The van der Waals surface area contributed by atoms with Gasteiger partial charge in [0.1, 0.15) is 6.54 Å². The summed E-state index contributed by atoms with van der Waals surface area (Å²) in [4.78, 5) is 17.2. The first kappa shape index (κ1) is 20.6. The SMILES string of the molecule is CCn1cc(NC(=O)Cn2nc(C)c3c(C(F)F)cc(-c4ccccc4)nc32)c(C)n1. The lowest BCUT2D eigenvalue weighted by Crippen LogP contribution is -2.20. The van der Waals surface area contributed by atoms with Gasteiger partial charge in [0, 0.05) is 23.9 Å². The highest BCUT2D eigenvalue weighted by Crippen LogP contribution is 2.33. The first-order chi connectivity index (χ1) is 14.9. The van der Waals surface area contributed by atoms with Crippen molar-refractivity contribution < 1.29 is 13.6 Å². The molecule has 0 aliphatic rings. The van der Waals surface area contributed by atoms with Crippen LogP contribution in [0.15, 0.2) is 42.6 Å². The molecule has 3 heterocycles. The van der Waals surface area contributed by atoms with E-state index in [4.69, 9.17) is 0 Å². The van der Waals surface area contributed by atoms with Crippen LogP contribution in [0.5, 0.6) is 0 Å². The van der Waals surface area contributed by atoms with Crippen LogP contribution in [0, 0.1) is 13.8 Å². The number of alkyl halides is 2. The average molecular weight is 424 g/mol. The number of fused-ring (bicyclic) bond motifs is 1. The molecule has 0 radical (unpaired) electrons. The van der Waals surface area contributed by atoms with Gasteiger partial charge in [0.25, 0.3) is 6.43 Å². The van der Waals surface area contributed by atoms with E-state index in [1.54, 1.807) is 36.9 Å². The lowest BCUT2D eigenvalue weighted by atomic mass is 10.1. The van der Waals surface area contributed by atoms with Crippen LogP contribution in [-0.2, 0) is 17.9 Å². The van der Waals surface area contributed by atoms with Crippen LogP contribution in [0.4, 0.5) is 14.5 Å². The summed E-state index contributed by atoms with van der Waals surface area (Å²) >= 11 is 0. The van der Waals surface area contributed by atoms with E-state index < -0.39 is 6.43 Å². The van der Waals surface area contributed by atoms with Crippen LogP contribution in [-0.4, -0.2) is 30.5 Å². The van der Waals surface area contributed by atoms with Gasteiger partial charge >= 0.3 is 0 Å². The summed E-state index contributed by atoms with van der Waals surface area (Å²) in [5, 5.41) is 11.7. The minimum atomic E-state index is -2.69. The number of carbonyl (C=O) groups is 1. The zero-order valence-corrected chi connectivity index (χ0v) is 17.4. The van der Waals surface area contributed by atoms with Gasteiger partial charge in [-0.2, -0.15) is 10.2 Å². The number of benzene rings is 1. The Morgan fingerprint density at radius 2 is 1.87 bits per heavy atom. The fraction of sp³-hybridized carbons (Fsp3) is 0.273. The van der Waals surface area contributed by atoms with E-state index in [-0.39, 0.29) is 29.0 Å². The molecule has 7 nitrogen and oxygen atoms in total. The van der Waals surface area contributed by atoms with E-state index in [1.807, 2.05) is 25.1 Å². The normalized spacial score (nSPS) is 11.4. The molecule has 4 aromatic rings. The van der Waals surface area contributed by atoms with Crippen molar-refractivity contribution in [2.24, 2.45) is 0 Å². The van der Waals surface area contributed by atoms with Gasteiger partial charge in [0.2, 0.25) is 5.91 Å². The molecule has 0 aliphatic carbocycles. The van der Waals surface area contributed by atoms with Gasteiger partial charge in [-0.05, 0) is 26.8 Å². The third-order valence-corrected chi connectivity index (χ3v) is 5.05. The quantitative estimate of drug-likeness (QED) is 0.494. The molecule has 0 spiro atoms. The van der Waals surface area contributed by atoms with Gasteiger partial charge in [-0.15, -0.1) is 0 Å². The van der Waals surface area contributed by atoms with Crippen molar-refractivity contribution in [2.45, 2.75) is 40.3 Å². The van der Waals surface area contributed by atoms with Crippen molar-refractivity contribution in [3.05, 3.63) is 59.5 Å². The van der Waals surface area contributed by atoms with Crippen molar-refractivity contribution in [2.75, 3.05) is 5.32 Å². The second-order valence-electron chi connectivity index (χ2n) is 7.24. The summed E-state index contributed by atoms with van der Waals surface area (Å²) in [6.07, 6.45) is -0.943. The third-order valence-electron chi connectivity index (χ3n) is 5.05. The molecule has 1 aromatic carbocycles. The molecule has 9 heteroatoms. The lowest BCUT2D eigenvalue weighted by molar-refractivity contribution is -0.116. The molecular formula is C22H22F2N6O. The summed E-state index contributed by atoms with van der Waals surface area (Å²) in [5.74, 6) is -0.339. The number of amides is 1. The second-order valence-corrected chi connectivity index (χ2v) is 7.24. The Morgan fingerprint density at radius 3 is 2.52 bits per heavy atom. The summed E-state index contributed by atoms with van der Waals surface area (Å²) < 4.78 is 30.8. The Morgan fingerprint density at radius 1 is 1.13 bits per heavy atom. The number of nitrogens with zero attached hydrogens (tertiary/aromatic N) is 5. The average Bonchev–Trinajstić information content (AvgIpc) is 3.27. The van der Waals surface area contributed by atoms with Gasteiger partial charge < -0.3 is 5.32 Å². The largest absolute Gasteiger partial charge is 0.322 e. The van der Waals surface area contributed by atoms with Crippen molar-refractivity contribution in [3.63, 3.8) is 0 Å². The van der Waals surface area contributed by atoms with Crippen molar-refractivity contribution >= 4 is 22.6 Å². The molecule has 0 fully saturated rings. The number of pyridine rings is 1. The zero-order valence-electron chi connectivity index (χ0n) is 17.4. The van der Waals surface area contributed by atoms with Crippen LogP contribution in [0.3, 0.4) is 0 Å². The van der Waals surface area contributed by atoms with E-state index in [0.717, 1.165) is 0 Å². The molecule has 4 rings (SSSR count). The van der Waals surface area contributed by atoms with Crippen molar-refractivity contribution in [1.82, 2.24) is 24.5 Å². The first-order valence-electron chi connectivity index (χ1n) is 9.93. The third kappa shape index (κ3) is 4.03. The van der Waals surface area contributed by atoms with Gasteiger partial charge in [0.15, 0.2) is 5.65 Å².